The van der Waals surface area contributed by atoms with Crippen LogP contribution in [0.25, 0.3) is 47.7 Å². The van der Waals surface area contributed by atoms with Crippen molar-refractivity contribution in [1.82, 2.24) is 4.57 Å². The van der Waals surface area contributed by atoms with Gasteiger partial charge >= 0.3 is 0 Å². The van der Waals surface area contributed by atoms with Gasteiger partial charge in [0.1, 0.15) is 0 Å². The second kappa shape index (κ2) is 5.59. The lowest BCUT2D eigenvalue weighted by Crippen LogP contribution is -1.92. The molecule has 4 aromatic carbocycles. The van der Waals surface area contributed by atoms with Crippen LogP contribution in [0.1, 0.15) is 0 Å². The maximum absolute atomic E-state index is 6.47. The minimum atomic E-state index is 0.823. The molecule has 6 aromatic rings. The van der Waals surface area contributed by atoms with Crippen LogP contribution in [0.4, 0.5) is 0 Å². The van der Waals surface area contributed by atoms with E-state index in [1.807, 2.05) is 12.1 Å². The molecule has 0 aliphatic carbocycles. The van der Waals surface area contributed by atoms with Crippen molar-refractivity contribution in [2.45, 2.75) is 0 Å². The Morgan fingerprint density at radius 1 is 0.630 bits per heavy atom. The first-order valence-electron chi connectivity index (χ1n) is 8.90. The molecule has 2 aromatic heterocycles. The molecular formula is C24H14ClNS. The van der Waals surface area contributed by atoms with Crippen molar-refractivity contribution < 1.29 is 0 Å². The summed E-state index contributed by atoms with van der Waals surface area (Å²) < 4.78 is 4.85. The Kier molecular flexibility index (Phi) is 3.16. The third-order valence-corrected chi connectivity index (χ3v) is 6.70. The maximum atomic E-state index is 6.47. The molecule has 0 N–H and O–H groups in total. The summed E-state index contributed by atoms with van der Waals surface area (Å²) in [7, 11) is 0. The summed E-state index contributed by atoms with van der Waals surface area (Å²) in [5.41, 5.74) is 3.65. The van der Waals surface area contributed by atoms with Gasteiger partial charge in [-0.3, -0.25) is 0 Å². The number of thiophene rings is 1. The van der Waals surface area contributed by atoms with Gasteiger partial charge in [-0.25, -0.2) is 0 Å². The number of rotatable bonds is 1. The average molecular weight is 384 g/mol. The molecular weight excluding hydrogens is 370 g/mol. The summed E-state index contributed by atoms with van der Waals surface area (Å²) in [6.07, 6.45) is 0. The van der Waals surface area contributed by atoms with E-state index in [0.29, 0.717) is 0 Å². The van der Waals surface area contributed by atoms with Crippen molar-refractivity contribution in [3.05, 3.63) is 90.0 Å². The number of fused-ring (bicyclic) bond motifs is 6. The third kappa shape index (κ3) is 2.11. The molecule has 0 saturated heterocycles. The van der Waals surface area contributed by atoms with Crippen LogP contribution in [0.2, 0.25) is 5.02 Å². The van der Waals surface area contributed by atoms with E-state index in [2.05, 4.69) is 77.4 Å². The zero-order valence-electron chi connectivity index (χ0n) is 14.3. The fourth-order valence-corrected chi connectivity index (χ4v) is 5.61. The topological polar surface area (TPSA) is 4.93 Å². The molecule has 0 radical (unpaired) electrons. The van der Waals surface area contributed by atoms with Gasteiger partial charge in [0.2, 0.25) is 0 Å². The van der Waals surface area contributed by atoms with Gasteiger partial charge in [-0.2, -0.15) is 0 Å². The van der Waals surface area contributed by atoms with Crippen molar-refractivity contribution in [2.24, 2.45) is 0 Å². The zero-order valence-corrected chi connectivity index (χ0v) is 15.9. The second-order valence-corrected chi connectivity index (χ2v) is 8.26. The predicted octanol–water partition coefficient (Wildman–Crippen LogP) is 7.81. The largest absolute Gasteiger partial charge is 0.309 e. The van der Waals surface area contributed by atoms with E-state index in [1.54, 1.807) is 11.3 Å². The van der Waals surface area contributed by atoms with E-state index in [9.17, 15) is 0 Å². The van der Waals surface area contributed by atoms with Crippen molar-refractivity contribution in [3.63, 3.8) is 0 Å². The van der Waals surface area contributed by atoms with Crippen molar-refractivity contribution in [2.75, 3.05) is 0 Å². The molecule has 3 heteroatoms. The van der Waals surface area contributed by atoms with E-state index in [4.69, 9.17) is 11.6 Å². The van der Waals surface area contributed by atoms with Gasteiger partial charge in [0.25, 0.3) is 0 Å². The van der Waals surface area contributed by atoms with Gasteiger partial charge in [-0.15, -0.1) is 11.3 Å². The Balaban J connectivity index is 1.72. The van der Waals surface area contributed by atoms with E-state index >= 15 is 0 Å². The summed E-state index contributed by atoms with van der Waals surface area (Å²) in [5.74, 6) is 0. The number of nitrogens with zero attached hydrogens (tertiary/aromatic N) is 1. The Morgan fingerprint density at radius 3 is 2.07 bits per heavy atom. The summed E-state index contributed by atoms with van der Waals surface area (Å²) in [6, 6.07) is 30.1. The molecule has 6 rings (SSSR count). The predicted molar refractivity (Wildman–Crippen MR) is 119 cm³/mol. The average Bonchev–Trinajstić information content (AvgIpc) is 3.24. The molecule has 27 heavy (non-hydrogen) atoms. The van der Waals surface area contributed by atoms with Crippen LogP contribution in [-0.2, 0) is 0 Å². The highest BCUT2D eigenvalue weighted by molar-refractivity contribution is 7.26. The van der Waals surface area contributed by atoms with Gasteiger partial charge < -0.3 is 4.57 Å². The second-order valence-electron chi connectivity index (χ2n) is 6.77. The fourth-order valence-electron chi connectivity index (χ4n) is 4.11. The summed E-state index contributed by atoms with van der Waals surface area (Å²) in [4.78, 5) is 0. The smallest absolute Gasteiger partial charge is 0.0541 e. The lowest BCUT2D eigenvalue weighted by Gasteiger charge is -2.08. The maximum Gasteiger partial charge on any atom is 0.0541 e. The van der Waals surface area contributed by atoms with Gasteiger partial charge in [0.05, 0.1) is 11.0 Å². The SMILES string of the molecule is Clc1cccc2sc3cc(-n4c5ccccc5c5ccccc54)ccc3c12. The normalized spacial score (nSPS) is 11.9. The van der Waals surface area contributed by atoms with Gasteiger partial charge in [-0.1, -0.05) is 60.1 Å². The molecule has 0 unspecified atom stereocenters. The quantitative estimate of drug-likeness (QED) is 0.273. The molecule has 0 aliphatic heterocycles. The summed E-state index contributed by atoms with van der Waals surface area (Å²) in [6.45, 7) is 0. The Hall–Kier alpha value is -2.81. The Labute approximate surface area is 165 Å². The third-order valence-electron chi connectivity index (χ3n) is 5.27. The lowest BCUT2D eigenvalue weighted by molar-refractivity contribution is 1.19. The molecule has 0 saturated carbocycles. The number of halogens is 1. The van der Waals surface area contributed by atoms with E-state index in [0.717, 1.165) is 10.4 Å². The van der Waals surface area contributed by atoms with E-state index in [-0.39, 0.29) is 0 Å². The van der Waals surface area contributed by atoms with Crippen LogP contribution in [0.5, 0.6) is 0 Å². The molecule has 2 heterocycles. The molecule has 1 nitrogen and oxygen atoms in total. The monoisotopic (exact) mass is 383 g/mol. The molecule has 0 spiro atoms. The van der Waals surface area contributed by atoms with Gasteiger partial charge in [0.15, 0.2) is 0 Å². The highest BCUT2D eigenvalue weighted by Crippen LogP contribution is 2.40. The highest BCUT2D eigenvalue weighted by atomic mass is 35.5. The first-order valence-corrected chi connectivity index (χ1v) is 10.1. The van der Waals surface area contributed by atoms with Gasteiger partial charge in [-0.05, 0) is 36.4 Å². The van der Waals surface area contributed by atoms with Crippen LogP contribution in [0.15, 0.2) is 84.9 Å². The van der Waals surface area contributed by atoms with Crippen molar-refractivity contribution >= 4 is 64.9 Å². The number of hydrogen-bond acceptors (Lipinski definition) is 1. The molecule has 0 amide bonds. The van der Waals surface area contributed by atoms with Crippen LogP contribution in [-0.4, -0.2) is 4.57 Å². The first kappa shape index (κ1) is 15.3. The summed E-state index contributed by atoms with van der Waals surface area (Å²) in [5, 5.41) is 5.78. The van der Waals surface area contributed by atoms with E-state index in [1.165, 1.54) is 42.3 Å². The number of benzene rings is 4. The Morgan fingerprint density at radius 2 is 1.33 bits per heavy atom. The van der Waals surface area contributed by atoms with Crippen LogP contribution >= 0.6 is 22.9 Å². The first-order chi connectivity index (χ1) is 13.3. The molecule has 128 valence electrons. The van der Waals surface area contributed by atoms with Crippen LogP contribution < -0.4 is 0 Å². The number of hydrogen-bond donors (Lipinski definition) is 0. The number of aromatic nitrogens is 1. The standard InChI is InChI=1S/C24H14ClNS/c25-19-8-5-11-22-24(19)18-13-12-15(14-23(18)27-22)26-20-9-3-1-6-16(20)17-7-2-4-10-21(17)26/h1-14H. The lowest BCUT2D eigenvalue weighted by atomic mass is 10.1. The molecule has 0 fully saturated rings. The minimum absolute atomic E-state index is 0.823. The highest BCUT2D eigenvalue weighted by Gasteiger charge is 2.13. The zero-order chi connectivity index (χ0) is 18.0. The Bertz CT molecular complexity index is 1440. The molecule has 0 bridgehead atoms. The van der Waals surface area contributed by atoms with Crippen LogP contribution in [0.3, 0.4) is 0 Å². The van der Waals surface area contributed by atoms with Gasteiger partial charge in [0, 0.05) is 41.7 Å². The molecule has 0 aliphatic rings. The summed E-state index contributed by atoms with van der Waals surface area (Å²) >= 11 is 8.27. The van der Waals surface area contributed by atoms with Crippen molar-refractivity contribution in [3.8, 4) is 5.69 Å². The molecule has 0 atom stereocenters. The fraction of sp³-hybridized carbons (Fsp3) is 0. The minimum Gasteiger partial charge on any atom is -0.309 e. The van der Waals surface area contributed by atoms with Crippen molar-refractivity contribution in [1.29, 1.82) is 0 Å². The van der Waals surface area contributed by atoms with Crippen LogP contribution in [0, 0.1) is 0 Å². The number of para-hydroxylation sites is 2. The van der Waals surface area contributed by atoms with E-state index < -0.39 is 0 Å².